The zero-order valence-electron chi connectivity index (χ0n) is 11.6. The molecule has 0 saturated carbocycles. The summed E-state index contributed by atoms with van der Waals surface area (Å²) in [5.41, 5.74) is 0.954. The summed E-state index contributed by atoms with van der Waals surface area (Å²) in [5, 5.41) is 5.92. The van der Waals surface area contributed by atoms with E-state index in [2.05, 4.69) is 20.6 Å². The van der Waals surface area contributed by atoms with Crippen LogP contribution in [-0.4, -0.2) is 17.0 Å². The first kappa shape index (κ1) is 15.1. The first-order valence-electron chi connectivity index (χ1n) is 6.31. The third-order valence-corrected chi connectivity index (χ3v) is 2.94. The van der Waals surface area contributed by atoms with Gasteiger partial charge in [0.1, 0.15) is 5.82 Å². The van der Waals surface area contributed by atoms with Crippen molar-refractivity contribution in [2.45, 2.75) is 19.6 Å². The molecule has 0 spiro atoms. The summed E-state index contributed by atoms with van der Waals surface area (Å²) in [7, 11) is 1.71. The van der Waals surface area contributed by atoms with E-state index in [9.17, 15) is 13.2 Å². The summed E-state index contributed by atoms with van der Waals surface area (Å²) in [6.07, 6.45) is -2.63. The van der Waals surface area contributed by atoms with Crippen LogP contribution in [0.15, 0.2) is 30.5 Å². The van der Waals surface area contributed by atoms with Gasteiger partial charge in [-0.25, -0.2) is 4.98 Å². The maximum absolute atomic E-state index is 12.5. The average Bonchev–Trinajstić information content (AvgIpc) is 2.46. The third kappa shape index (κ3) is 3.84. The first-order chi connectivity index (χ1) is 9.90. The molecule has 0 aliphatic carbocycles. The lowest BCUT2D eigenvalue weighted by atomic mass is 10.1. The minimum atomic E-state index is -4.31. The zero-order valence-corrected chi connectivity index (χ0v) is 11.6. The highest BCUT2D eigenvalue weighted by Gasteiger charge is 2.29. The molecule has 1 heterocycles. The lowest BCUT2D eigenvalue weighted by Gasteiger charge is -2.11. The second kappa shape index (κ2) is 5.99. The maximum Gasteiger partial charge on any atom is 0.416 e. The van der Waals surface area contributed by atoms with Crippen molar-refractivity contribution in [1.29, 1.82) is 0 Å². The first-order valence-corrected chi connectivity index (χ1v) is 6.31. The number of benzene rings is 1. The van der Waals surface area contributed by atoms with E-state index in [0.29, 0.717) is 18.3 Å². The van der Waals surface area contributed by atoms with Gasteiger partial charge in [-0.2, -0.15) is 18.2 Å². The van der Waals surface area contributed by atoms with Crippen LogP contribution < -0.4 is 10.6 Å². The monoisotopic (exact) mass is 296 g/mol. The number of nitrogens with zero attached hydrogens (tertiary/aromatic N) is 2. The Bertz CT molecular complexity index is 609. The number of alkyl halides is 3. The molecule has 21 heavy (non-hydrogen) atoms. The minimum absolute atomic E-state index is 0.388. The van der Waals surface area contributed by atoms with Gasteiger partial charge in [0.05, 0.1) is 5.56 Å². The van der Waals surface area contributed by atoms with Crippen LogP contribution in [0.4, 0.5) is 24.9 Å². The quantitative estimate of drug-likeness (QED) is 0.907. The van der Waals surface area contributed by atoms with Crippen LogP contribution >= 0.6 is 0 Å². The van der Waals surface area contributed by atoms with Crippen molar-refractivity contribution in [2.24, 2.45) is 0 Å². The fourth-order valence-corrected chi connectivity index (χ4v) is 1.74. The van der Waals surface area contributed by atoms with E-state index < -0.39 is 11.7 Å². The van der Waals surface area contributed by atoms with Crippen LogP contribution in [-0.2, 0) is 12.7 Å². The Hall–Kier alpha value is -2.31. The van der Waals surface area contributed by atoms with Crippen molar-refractivity contribution < 1.29 is 13.2 Å². The average molecular weight is 296 g/mol. The van der Waals surface area contributed by atoms with E-state index in [4.69, 9.17) is 0 Å². The van der Waals surface area contributed by atoms with Gasteiger partial charge in [0.2, 0.25) is 5.95 Å². The standard InChI is InChI=1S/C14H15F3N4/c1-9-7-20-13(18-2)21-12(9)19-8-10-3-5-11(6-4-10)14(15,16)17/h3-7H,8H2,1-2H3,(H2,18,19,20,21). The molecule has 7 heteroatoms. The molecular formula is C14H15F3N4. The lowest BCUT2D eigenvalue weighted by molar-refractivity contribution is -0.137. The summed E-state index contributed by atoms with van der Waals surface area (Å²) in [6, 6.07) is 5.04. The fraction of sp³-hybridized carbons (Fsp3) is 0.286. The summed E-state index contributed by atoms with van der Waals surface area (Å²) < 4.78 is 37.4. The van der Waals surface area contributed by atoms with Gasteiger partial charge in [0.15, 0.2) is 0 Å². The van der Waals surface area contributed by atoms with Crippen LogP contribution in [0.3, 0.4) is 0 Å². The molecule has 2 rings (SSSR count). The SMILES string of the molecule is CNc1ncc(C)c(NCc2ccc(C(F)(F)F)cc2)n1. The largest absolute Gasteiger partial charge is 0.416 e. The van der Waals surface area contributed by atoms with Gasteiger partial charge in [0, 0.05) is 25.4 Å². The zero-order chi connectivity index (χ0) is 15.5. The highest BCUT2D eigenvalue weighted by molar-refractivity contribution is 5.46. The highest BCUT2D eigenvalue weighted by atomic mass is 19.4. The van der Waals surface area contributed by atoms with Crippen molar-refractivity contribution in [3.8, 4) is 0 Å². The minimum Gasteiger partial charge on any atom is -0.366 e. The van der Waals surface area contributed by atoms with Crippen molar-refractivity contribution in [2.75, 3.05) is 17.7 Å². The number of hydrogen-bond acceptors (Lipinski definition) is 4. The molecule has 1 aromatic heterocycles. The molecule has 0 amide bonds. The molecular weight excluding hydrogens is 281 g/mol. The second-order valence-corrected chi connectivity index (χ2v) is 4.52. The number of nitrogens with one attached hydrogen (secondary N) is 2. The number of anilines is 2. The van der Waals surface area contributed by atoms with Crippen molar-refractivity contribution in [3.63, 3.8) is 0 Å². The Morgan fingerprint density at radius 2 is 1.81 bits per heavy atom. The molecule has 112 valence electrons. The molecule has 2 aromatic rings. The molecule has 0 bridgehead atoms. The predicted octanol–water partition coefficient (Wildman–Crippen LogP) is 3.46. The van der Waals surface area contributed by atoms with Crippen LogP contribution in [0.5, 0.6) is 0 Å². The normalized spacial score (nSPS) is 11.3. The summed E-state index contributed by atoms with van der Waals surface area (Å²) in [4.78, 5) is 8.31. The Morgan fingerprint density at radius 1 is 1.14 bits per heavy atom. The molecule has 0 radical (unpaired) electrons. The highest BCUT2D eigenvalue weighted by Crippen LogP contribution is 2.29. The smallest absolute Gasteiger partial charge is 0.366 e. The van der Waals surface area contributed by atoms with E-state index in [1.807, 2.05) is 6.92 Å². The van der Waals surface area contributed by atoms with Gasteiger partial charge in [-0.15, -0.1) is 0 Å². The second-order valence-electron chi connectivity index (χ2n) is 4.52. The van der Waals surface area contributed by atoms with Crippen molar-refractivity contribution >= 4 is 11.8 Å². The number of rotatable bonds is 4. The van der Waals surface area contributed by atoms with Gasteiger partial charge < -0.3 is 10.6 Å². The van der Waals surface area contributed by atoms with Gasteiger partial charge in [-0.05, 0) is 24.6 Å². The molecule has 0 saturated heterocycles. The maximum atomic E-state index is 12.5. The topological polar surface area (TPSA) is 49.8 Å². The van der Waals surface area contributed by atoms with Crippen molar-refractivity contribution in [3.05, 3.63) is 47.2 Å². The van der Waals surface area contributed by atoms with E-state index >= 15 is 0 Å². The Balaban J connectivity index is 2.06. The molecule has 0 atom stereocenters. The Labute approximate surface area is 120 Å². The molecule has 0 aliphatic rings. The molecule has 4 nitrogen and oxygen atoms in total. The van der Waals surface area contributed by atoms with Crippen LogP contribution in [0.25, 0.3) is 0 Å². The number of aryl methyl sites for hydroxylation is 1. The molecule has 0 fully saturated rings. The number of aromatic nitrogens is 2. The van der Waals surface area contributed by atoms with Gasteiger partial charge in [-0.1, -0.05) is 12.1 Å². The van der Waals surface area contributed by atoms with Crippen LogP contribution in [0, 0.1) is 6.92 Å². The Morgan fingerprint density at radius 3 is 2.38 bits per heavy atom. The van der Waals surface area contributed by atoms with E-state index in [1.54, 1.807) is 13.2 Å². The van der Waals surface area contributed by atoms with E-state index in [-0.39, 0.29) is 0 Å². The third-order valence-electron chi connectivity index (χ3n) is 2.94. The van der Waals surface area contributed by atoms with E-state index in [1.165, 1.54) is 12.1 Å². The van der Waals surface area contributed by atoms with Gasteiger partial charge in [-0.3, -0.25) is 0 Å². The number of halogens is 3. The van der Waals surface area contributed by atoms with E-state index in [0.717, 1.165) is 23.3 Å². The Kier molecular flexibility index (Phi) is 4.30. The fourth-order valence-electron chi connectivity index (χ4n) is 1.74. The summed E-state index contributed by atoms with van der Waals surface area (Å²) in [6.45, 7) is 2.24. The molecule has 2 N–H and O–H groups in total. The molecule has 0 unspecified atom stereocenters. The lowest BCUT2D eigenvalue weighted by Crippen LogP contribution is -2.07. The van der Waals surface area contributed by atoms with Crippen LogP contribution in [0.1, 0.15) is 16.7 Å². The summed E-state index contributed by atoms with van der Waals surface area (Å²) >= 11 is 0. The predicted molar refractivity (Wildman–Crippen MR) is 75.1 cm³/mol. The molecule has 1 aromatic carbocycles. The number of hydrogen-bond donors (Lipinski definition) is 2. The van der Waals surface area contributed by atoms with Gasteiger partial charge >= 0.3 is 6.18 Å². The molecule has 0 aliphatic heterocycles. The van der Waals surface area contributed by atoms with Crippen LogP contribution in [0.2, 0.25) is 0 Å². The van der Waals surface area contributed by atoms with Crippen molar-refractivity contribution in [1.82, 2.24) is 9.97 Å². The van der Waals surface area contributed by atoms with Gasteiger partial charge in [0.25, 0.3) is 0 Å². The summed E-state index contributed by atoms with van der Waals surface area (Å²) in [5.74, 6) is 1.13.